The van der Waals surface area contributed by atoms with E-state index < -0.39 is 0 Å². The monoisotopic (exact) mass is 373 g/mol. The zero-order valence-electron chi connectivity index (χ0n) is 17.2. The molecule has 1 aliphatic heterocycles. The van der Waals surface area contributed by atoms with Gasteiger partial charge in [-0.3, -0.25) is 10.0 Å². The third-order valence-corrected chi connectivity index (χ3v) is 5.93. The van der Waals surface area contributed by atoms with E-state index in [-0.39, 0.29) is 11.9 Å². The van der Waals surface area contributed by atoms with Gasteiger partial charge in [-0.15, -0.1) is 0 Å². The molecule has 0 aliphatic carbocycles. The Bertz CT molecular complexity index is 516. The van der Waals surface area contributed by atoms with E-state index in [4.69, 9.17) is 0 Å². The van der Waals surface area contributed by atoms with Gasteiger partial charge >= 0.3 is 0 Å². The quantitative estimate of drug-likeness (QED) is 0.315. The first-order valence-corrected chi connectivity index (χ1v) is 11.3. The van der Waals surface area contributed by atoms with Crippen LogP contribution in [0.4, 0.5) is 0 Å². The van der Waals surface area contributed by atoms with Crippen LogP contribution in [0.25, 0.3) is 0 Å². The molecule has 0 bridgehead atoms. The predicted molar refractivity (Wildman–Crippen MR) is 112 cm³/mol. The van der Waals surface area contributed by atoms with Crippen molar-refractivity contribution in [2.75, 3.05) is 0 Å². The van der Waals surface area contributed by atoms with E-state index in [2.05, 4.69) is 31.2 Å². The van der Waals surface area contributed by atoms with Crippen LogP contribution in [0.15, 0.2) is 30.3 Å². The first kappa shape index (κ1) is 21.9. The highest BCUT2D eigenvalue weighted by molar-refractivity contribution is 5.76. The van der Waals surface area contributed by atoms with Crippen LogP contribution in [0.2, 0.25) is 0 Å². The lowest BCUT2D eigenvalue weighted by atomic mass is 9.85. The molecule has 1 amide bonds. The number of hydrogen-bond acceptors (Lipinski definition) is 2. The Morgan fingerprint density at radius 2 is 1.52 bits per heavy atom. The second-order valence-electron chi connectivity index (χ2n) is 8.36. The Labute approximate surface area is 166 Å². The zero-order chi connectivity index (χ0) is 19.3. The van der Waals surface area contributed by atoms with Crippen molar-refractivity contribution < 1.29 is 10.0 Å². The fourth-order valence-corrected chi connectivity index (χ4v) is 4.32. The average Bonchev–Trinajstić information content (AvgIpc) is 2.67. The van der Waals surface area contributed by atoms with Crippen molar-refractivity contribution in [3.63, 3.8) is 0 Å². The molecule has 3 heteroatoms. The van der Waals surface area contributed by atoms with Crippen molar-refractivity contribution in [3.8, 4) is 0 Å². The summed E-state index contributed by atoms with van der Waals surface area (Å²) in [5.74, 6) is 0.260. The van der Waals surface area contributed by atoms with Gasteiger partial charge in [0, 0.05) is 6.42 Å². The van der Waals surface area contributed by atoms with Crippen molar-refractivity contribution in [1.29, 1.82) is 0 Å². The largest absolute Gasteiger partial charge is 0.286 e. The number of hydrogen-bond donors (Lipinski definition) is 1. The second-order valence-corrected chi connectivity index (χ2v) is 8.36. The van der Waals surface area contributed by atoms with E-state index in [0.29, 0.717) is 12.3 Å². The molecule has 1 fully saturated rings. The minimum atomic E-state index is -0.0979. The van der Waals surface area contributed by atoms with Gasteiger partial charge in [-0.1, -0.05) is 101 Å². The van der Waals surface area contributed by atoms with Gasteiger partial charge in [-0.2, -0.15) is 0 Å². The van der Waals surface area contributed by atoms with Crippen molar-refractivity contribution in [3.05, 3.63) is 35.9 Å². The van der Waals surface area contributed by atoms with E-state index in [9.17, 15) is 10.0 Å². The summed E-state index contributed by atoms with van der Waals surface area (Å²) >= 11 is 0. The number of benzene rings is 1. The van der Waals surface area contributed by atoms with Crippen molar-refractivity contribution in [2.24, 2.45) is 5.92 Å². The van der Waals surface area contributed by atoms with Gasteiger partial charge in [0.25, 0.3) is 0 Å². The molecule has 0 radical (unpaired) electrons. The molecule has 3 nitrogen and oxygen atoms in total. The highest BCUT2D eigenvalue weighted by Gasteiger charge is 2.32. The Kier molecular flexibility index (Phi) is 10.5. The minimum absolute atomic E-state index is 0.00834. The molecular formula is C24H39NO2. The summed E-state index contributed by atoms with van der Waals surface area (Å²) in [4.78, 5) is 12.2. The number of amides is 1. The molecular weight excluding hydrogens is 334 g/mol. The van der Waals surface area contributed by atoms with Crippen LogP contribution >= 0.6 is 0 Å². The first-order valence-electron chi connectivity index (χ1n) is 11.3. The van der Waals surface area contributed by atoms with E-state index in [1.807, 2.05) is 6.07 Å². The predicted octanol–water partition coefficient (Wildman–Crippen LogP) is 6.54. The average molecular weight is 374 g/mol. The van der Waals surface area contributed by atoms with E-state index in [1.54, 1.807) is 0 Å². The van der Waals surface area contributed by atoms with Gasteiger partial charge in [0.1, 0.15) is 0 Å². The lowest BCUT2D eigenvalue weighted by Gasteiger charge is -2.35. The van der Waals surface area contributed by atoms with Crippen LogP contribution in [0.3, 0.4) is 0 Å². The molecule has 0 saturated carbocycles. The maximum Gasteiger partial charge on any atom is 0.246 e. The summed E-state index contributed by atoms with van der Waals surface area (Å²) in [7, 11) is 0. The molecule has 1 saturated heterocycles. The summed E-state index contributed by atoms with van der Waals surface area (Å²) < 4.78 is 0. The smallest absolute Gasteiger partial charge is 0.246 e. The van der Waals surface area contributed by atoms with Gasteiger partial charge < -0.3 is 0 Å². The molecule has 0 aromatic heterocycles. The number of piperidine rings is 1. The Morgan fingerprint density at radius 3 is 2.15 bits per heavy atom. The molecule has 0 spiro atoms. The molecule has 2 atom stereocenters. The standard InChI is InChI=1S/C24H39NO2/c1-2-3-4-5-6-7-8-9-10-14-17-23-19-22(20-24(26)25(23)27)18-21-15-12-11-13-16-21/h11-13,15-16,22-23,27H,2-10,14,17-20H2,1H3/t22-,23+/m0/s1. The number of carbonyl (C=O) groups is 1. The van der Waals surface area contributed by atoms with E-state index >= 15 is 0 Å². The van der Waals surface area contributed by atoms with Crippen LogP contribution in [-0.4, -0.2) is 22.2 Å². The summed E-state index contributed by atoms with van der Waals surface area (Å²) in [6.45, 7) is 2.26. The van der Waals surface area contributed by atoms with Crippen molar-refractivity contribution in [2.45, 2.75) is 103 Å². The van der Waals surface area contributed by atoms with Gasteiger partial charge in [-0.05, 0) is 30.7 Å². The Morgan fingerprint density at radius 1 is 0.926 bits per heavy atom. The molecule has 27 heavy (non-hydrogen) atoms. The van der Waals surface area contributed by atoms with Crippen molar-refractivity contribution in [1.82, 2.24) is 5.06 Å². The summed E-state index contributed by atoms with van der Waals surface area (Å²) in [5.41, 5.74) is 1.29. The molecule has 1 N–H and O–H groups in total. The number of rotatable bonds is 13. The summed E-state index contributed by atoms with van der Waals surface area (Å²) in [5, 5.41) is 11.2. The minimum Gasteiger partial charge on any atom is -0.286 e. The van der Waals surface area contributed by atoms with E-state index in [1.165, 1.54) is 63.4 Å². The van der Waals surface area contributed by atoms with Gasteiger partial charge in [0.05, 0.1) is 6.04 Å². The molecule has 1 aromatic carbocycles. The second kappa shape index (κ2) is 12.9. The molecule has 1 heterocycles. The summed E-state index contributed by atoms with van der Waals surface area (Å²) in [6, 6.07) is 10.4. The number of hydroxylamine groups is 2. The van der Waals surface area contributed by atoms with Gasteiger partial charge in [0.2, 0.25) is 5.91 Å². The molecule has 2 rings (SSSR count). The number of carbonyl (C=O) groups excluding carboxylic acids is 1. The number of nitrogens with zero attached hydrogens (tertiary/aromatic N) is 1. The van der Waals surface area contributed by atoms with Crippen LogP contribution in [0, 0.1) is 5.92 Å². The highest BCUT2D eigenvalue weighted by Crippen LogP contribution is 2.29. The Balaban J connectivity index is 1.60. The number of unbranched alkanes of at least 4 members (excludes halogenated alkanes) is 9. The maximum absolute atomic E-state index is 12.2. The van der Waals surface area contributed by atoms with Crippen LogP contribution in [0.1, 0.15) is 96.0 Å². The maximum atomic E-state index is 12.2. The van der Waals surface area contributed by atoms with Crippen molar-refractivity contribution >= 4 is 5.91 Å². The highest BCUT2D eigenvalue weighted by atomic mass is 16.5. The normalized spacial score (nSPS) is 20.2. The van der Waals surface area contributed by atoms with Gasteiger partial charge in [0.15, 0.2) is 0 Å². The molecule has 1 aromatic rings. The fourth-order valence-electron chi connectivity index (χ4n) is 4.32. The molecule has 0 unspecified atom stereocenters. The van der Waals surface area contributed by atoms with Gasteiger partial charge in [-0.25, -0.2) is 5.06 Å². The van der Waals surface area contributed by atoms with E-state index in [0.717, 1.165) is 30.7 Å². The lowest BCUT2D eigenvalue weighted by Crippen LogP contribution is -2.44. The van der Waals surface area contributed by atoms with Crippen LogP contribution in [-0.2, 0) is 11.2 Å². The third kappa shape index (κ3) is 8.47. The Hall–Kier alpha value is -1.35. The zero-order valence-corrected chi connectivity index (χ0v) is 17.2. The van der Waals surface area contributed by atoms with Crippen LogP contribution < -0.4 is 0 Å². The first-order chi connectivity index (χ1) is 13.2. The molecule has 152 valence electrons. The topological polar surface area (TPSA) is 40.5 Å². The van der Waals surface area contributed by atoms with Crippen LogP contribution in [0.5, 0.6) is 0 Å². The molecule has 1 aliphatic rings. The third-order valence-electron chi connectivity index (χ3n) is 5.93. The fraction of sp³-hybridized carbons (Fsp3) is 0.708. The lowest BCUT2D eigenvalue weighted by molar-refractivity contribution is -0.186. The summed E-state index contributed by atoms with van der Waals surface area (Å²) in [6.07, 6.45) is 16.4. The SMILES string of the molecule is CCCCCCCCCCCC[C@@H]1C[C@H](Cc2ccccc2)CC(=O)N1O.